The summed E-state index contributed by atoms with van der Waals surface area (Å²) in [6.07, 6.45) is 5.90. The van der Waals surface area contributed by atoms with E-state index in [-0.39, 0.29) is 23.0 Å². The third-order valence-electron chi connectivity index (χ3n) is 4.19. The monoisotopic (exact) mass is 261 g/mol. The van der Waals surface area contributed by atoms with Crippen LogP contribution in [0.3, 0.4) is 0 Å². The van der Waals surface area contributed by atoms with Crippen molar-refractivity contribution in [1.82, 2.24) is 0 Å². The van der Waals surface area contributed by atoms with Crippen molar-refractivity contribution in [3.63, 3.8) is 0 Å². The zero-order valence-electron chi connectivity index (χ0n) is 11.4. The molecule has 4 heteroatoms. The molecular formula is C13H27NO2S. The normalized spacial score (nSPS) is 22.6. The molecule has 1 fully saturated rings. The van der Waals surface area contributed by atoms with Gasteiger partial charge in [-0.2, -0.15) is 0 Å². The largest absolute Gasteiger partial charge is 0.327 e. The molecule has 1 saturated carbocycles. The topological polar surface area (TPSA) is 60.2 Å². The summed E-state index contributed by atoms with van der Waals surface area (Å²) in [4.78, 5) is 0. The van der Waals surface area contributed by atoms with Gasteiger partial charge in [-0.3, -0.25) is 0 Å². The van der Waals surface area contributed by atoms with E-state index in [1.807, 2.05) is 13.8 Å². The van der Waals surface area contributed by atoms with Gasteiger partial charge in [0.15, 0.2) is 9.84 Å². The van der Waals surface area contributed by atoms with Crippen molar-refractivity contribution >= 4 is 9.84 Å². The maximum atomic E-state index is 12.1. The first-order valence-electron chi connectivity index (χ1n) is 6.81. The zero-order valence-corrected chi connectivity index (χ0v) is 12.2. The molecule has 0 aromatic carbocycles. The molecule has 2 unspecified atom stereocenters. The maximum absolute atomic E-state index is 12.1. The zero-order chi connectivity index (χ0) is 13.1. The second-order valence-corrected chi connectivity index (χ2v) is 8.24. The predicted octanol–water partition coefficient (Wildman–Crippen LogP) is 2.35. The Morgan fingerprint density at radius 2 is 1.65 bits per heavy atom. The van der Waals surface area contributed by atoms with Crippen LogP contribution in [0.25, 0.3) is 0 Å². The standard InChI is InChI=1S/C13H27NO2S/c1-10(2)11(3)17(15,16)9-13(14)12-7-5-4-6-8-12/h10-13H,4-9,14H2,1-3H3. The van der Waals surface area contributed by atoms with Crippen molar-refractivity contribution < 1.29 is 8.42 Å². The van der Waals surface area contributed by atoms with E-state index in [2.05, 4.69) is 0 Å². The first kappa shape index (κ1) is 15.0. The van der Waals surface area contributed by atoms with Crippen LogP contribution in [0.5, 0.6) is 0 Å². The second kappa shape index (κ2) is 6.19. The van der Waals surface area contributed by atoms with E-state index in [0.717, 1.165) is 12.8 Å². The Hall–Kier alpha value is -0.0900. The van der Waals surface area contributed by atoms with Crippen LogP contribution < -0.4 is 5.73 Å². The average Bonchev–Trinajstić information content (AvgIpc) is 2.28. The van der Waals surface area contributed by atoms with E-state index in [4.69, 9.17) is 5.73 Å². The fraction of sp³-hybridized carbons (Fsp3) is 1.00. The lowest BCUT2D eigenvalue weighted by atomic mass is 9.85. The Morgan fingerprint density at radius 3 is 2.12 bits per heavy atom. The molecule has 17 heavy (non-hydrogen) atoms. The fourth-order valence-corrected chi connectivity index (χ4v) is 4.47. The Morgan fingerprint density at radius 1 is 1.12 bits per heavy atom. The fourth-order valence-electron chi connectivity index (χ4n) is 2.53. The van der Waals surface area contributed by atoms with E-state index in [1.165, 1.54) is 19.3 Å². The van der Waals surface area contributed by atoms with Gasteiger partial charge in [0, 0.05) is 6.04 Å². The van der Waals surface area contributed by atoms with Gasteiger partial charge in [0.05, 0.1) is 11.0 Å². The molecule has 0 saturated heterocycles. The summed E-state index contributed by atoms with van der Waals surface area (Å²) in [5, 5.41) is -0.280. The third kappa shape index (κ3) is 4.25. The van der Waals surface area contributed by atoms with E-state index >= 15 is 0 Å². The summed E-state index contributed by atoms with van der Waals surface area (Å²) < 4.78 is 24.3. The molecule has 3 nitrogen and oxygen atoms in total. The highest BCUT2D eigenvalue weighted by molar-refractivity contribution is 7.92. The van der Waals surface area contributed by atoms with Gasteiger partial charge in [-0.05, 0) is 31.6 Å². The summed E-state index contributed by atoms with van der Waals surface area (Å²) in [7, 11) is -3.03. The Kier molecular flexibility index (Phi) is 5.45. The molecule has 0 aromatic heterocycles. The second-order valence-electron chi connectivity index (χ2n) is 5.84. The van der Waals surface area contributed by atoms with Gasteiger partial charge in [-0.1, -0.05) is 33.1 Å². The SMILES string of the molecule is CC(C)C(C)S(=O)(=O)CC(N)C1CCCCC1. The molecular weight excluding hydrogens is 234 g/mol. The summed E-state index contributed by atoms with van der Waals surface area (Å²) in [5.41, 5.74) is 6.09. The minimum atomic E-state index is -3.03. The third-order valence-corrected chi connectivity index (χ3v) is 6.71. The number of rotatable bonds is 5. The quantitative estimate of drug-likeness (QED) is 0.826. The molecule has 102 valence electrons. The molecule has 0 aliphatic heterocycles. The van der Waals surface area contributed by atoms with Gasteiger partial charge >= 0.3 is 0 Å². The summed E-state index contributed by atoms with van der Waals surface area (Å²) in [6, 6.07) is -0.165. The molecule has 0 spiro atoms. The molecule has 0 amide bonds. The van der Waals surface area contributed by atoms with Gasteiger partial charge < -0.3 is 5.73 Å². The van der Waals surface area contributed by atoms with Crippen LogP contribution in [-0.2, 0) is 9.84 Å². The Labute approximate surface area is 106 Å². The van der Waals surface area contributed by atoms with Crippen LogP contribution in [-0.4, -0.2) is 25.5 Å². The van der Waals surface area contributed by atoms with Crippen molar-refractivity contribution in [3.05, 3.63) is 0 Å². The van der Waals surface area contributed by atoms with Crippen LogP contribution in [0.2, 0.25) is 0 Å². The molecule has 0 radical (unpaired) electrons. The highest BCUT2D eigenvalue weighted by atomic mass is 32.2. The van der Waals surface area contributed by atoms with E-state index in [9.17, 15) is 8.42 Å². The maximum Gasteiger partial charge on any atom is 0.154 e. The van der Waals surface area contributed by atoms with Crippen LogP contribution >= 0.6 is 0 Å². The lowest BCUT2D eigenvalue weighted by Crippen LogP contribution is -2.41. The molecule has 0 heterocycles. The van der Waals surface area contributed by atoms with Gasteiger partial charge in [0.2, 0.25) is 0 Å². The summed E-state index contributed by atoms with van der Waals surface area (Å²) in [6.45, 7) is 5.70. The number of sulfone groups is 1. The molecule has 1 rings (SSSR count). The Balaban J connectivity index is 2.57. The lowest BCUT2D eigenvalue weighted by molar-refractivity contribution is 0.316. The van der Waals surface area contributed by atoms with Crippen LogP contribution in [0, 0.1) is 11.8 Å². The first-order valence-corrected chi connectivity index (χ1v) is 8.53. The predicted molar refractivity (Wildman–Crippen MR) is 72.6 cm³/mol. The molecule has 0 aromatic rings. The number of nitrogens with two attached hydrogens (primary N) is 1. The number of hydrogen-bond acceptors (Lipinski definition) is 3. The van der Waals surface area contributed by atoms with Gasteiger partial charge in [0.25, 0.3) is 0 Å². The minimum Gasteiger partial charge on any atom is -0.327 e. The van der Waals surface area contributed by atoms with Gasteiger partial charge in [-0.25, -0.2) is 8.42 Å². The van der Waals surface area contributed by atoms with Crippen molar-refractivity contribution in [2.45, 2.75) is 64.2 Å². The highest BCUT2D eigenvalue weighted by Gasteiger charge is 2.30. The highest BCUT2D eigenvalue weighted by Crippen LogP contribution is 2.27. The van der Waals surface area contributed by atoms with Crippen molar-refractivity contribution in [2.24, 2.45) is 17.6 Å². The molecule has 1 aliphatic rings. The van der Waals surface area contributed by atoms with E-state index in [0.29, 0.717) is 5.92 Å². The lowest BCUT2D eigenvalue weighted by Gasteiger charge is -2.28. The van der Waals surface area contributed by atoms with Crippen LogP contribution in [0.15, 0.2) is 0 Å². The van der Waals surface area contributed by atoms with Gasteiger partial charge in [-0.15, -0.1) is 0 Å². The van der Waals surface area contributed by atoms with Crippen LogP contribution in [0.4, 0.5) is 0 Å². The van der Waals surface area contributed by atoms with Gasteiger partial charge in [0.1, 0.15) is 0 Å². The molecule has 2 N–H and O–H groups in total. The first-order chi connectivity index (χ1) is 7.84. The van der Waals surface area contributed by atoms with Crippen molar-refractivity contribution in [2.75, 3.05) is 5.75 Å². The molecule has 2 atom stereocenters. The molecule has 1 aliphatic carbocycles. The minimum absolute atomic E-state index is 0.164. The van der Waals surface area contributed by atoms with E-state index in [1.54, 1.807) is 6.92 Å². The molecule has 0 bridgehead atoms. The smallest absolute Gasteiger partial charge is 0.154 e. The summed E-state index contributed by atoms with van der Waals surface area (Å²) in [5.74, 6) is 0.744. The van der Waals surface area contributed by atoms with Crippen molar-refractivity contribution in [3.8, 4) is 0 Å². The number of hydrogen-bond donors (Lipinski definition) is 1. The van der Waals surface area contributed by atoms with Crippen LogP contribution in [0.1, 0.15) is 52.9 Å². The summed E-state index contributed by atoms with van der Waals surface area (Å²) >= 11 is 0. The van der Waals surface area contributed by atoms with E-state index < -0.39 is 9.84 Å². The average molecular weight is 261 g/mol. The Bertz CT molecular complexity index is 318. The van der Waals surface area contributed by atoms with Crippen molar-refractivity contribution in [1.29, 1.82) is 0 Å².